The Kier molecular flexibility index (Phi) is 3.42. The van der Waals surface area contributed by atoms with Crippen LogP contribution in [0.3, 0.4) is 0 Å². The molecule has 0 aliphatic carbocycles. The van der Waals surface area contributed by atoms with Gasteiger partial charge in [0.2, 0.25) is 0 Å². The van der Waals surface area contributed by atoms with Crippen LogP contribution in [-0.2, 0) is 7.05 Å². The quantitative estimate of drug-likeness (QED) is 0.878. The summed E-state index contributed by atoms with van der Waals surface area (Å²) in [6.07, 6.45) is 2.81. The molecule has 1 aromatic carbocycles. The number of para-hydroxylation sites is 1. The van der Waals surface area contributed by atoms with Gasteiger partial charge in [-0.1, -0.05) is 19.1 Å². The highest BCUT2D eigenvalue weighted by Gasteiger charge is 2.10. The first kappa shape index (κ1) is 11.6. The van der Waals surface area contributed by atoms with Gasteiger partial charge in [0.05, 0.1) is 0 Å². The number of aryl methyl sites for hydroxylation is 1. The molecule has 90 valence electrons. The summed E-state index contributed by atoms with van der Waals surface area (Å²) < 4.78 is 1.93. The Morgan fingerprint density at radius 2 is 2.12 bits per heavy atom. The summed E-state index contributed by atoms with van der Waals surface area (Å²) in [5.41, 5.74) is 2.20. The predicted octanol–water partition coefficient (Wildman–Crippen LogP) is 2.69. The minimum atomic E-state index is 0.448. The van der Waals surface area contributed by atoms with Crippen LogP contribution in [-0.4, -0.2) is 20.8 Å². The molecule has 1 atom stereocenters. The molecule has 2 aromatic rings. The summed E-state index contributed by atoms with van der Waals surface area (Å²) in [7, 11) is 1.95. The summed E-state index contributed by atoms with van der Waals surface area (Å²) in [5, 5.41) is 11.6. The summed E-state index contributed by atoms with van der Waals surface area (Å²) in [6.45, 7) is 4.34. The second kappa shape index (κ2) is 4.99. The predicted molar refractivity (Wildman–Crippen MR) is 69.8 cm³/mol. The van der Waals surface area contributed by atoms with Crippen LogP contribution in [0, 0.1) is 0 Å². The molecule has 0 aliphatic rings. The van der Waals surface area contributed by atoms with Crippen molar-refractivity contribution in [1.29, 1.82) is 0 Å². The van der Waals surface area contributed by atoms with E-state index in [1.165, 1.54) is 0 Å². The van der Waals surface area contributed by atoms with Gasteiger partial charge in [-0.3, -0.25) is 0 Å². The number of hydrogen-bond acceptors (Lipinski definition) is 3. The molecule has 4 nitrogen and oxygen atoms in total. The molecule has 2 rings (SSSR count). The first-order valence-electron chi connectivity index (χ1n) is 5.92. The van der Waals surface area contributed by atoms with Gasteiger partial charge in [0.1, 0.15) is 6.33 Å². The zero-order valence-electron chi connectivity index (χ0n) is 10.5. The van der Waals surface area contributed by atoms with Crippen LogP contribution >= 0.6 is 0 Å². The minimum absolute atomic E-state index is 0.448. The monoisotopic (exact) mass is 230 g/mol. The Balaban J connectivity index is 2.38. The second-order valence-electron chi connectivity index (χ2n) is 4.26. The fourth-order valence-electron chi connectivity index (χ4n) is 1.70. The molecule has 1 N–H and O–H groups in total. The van der Waals surface area contributed by atoms with E-state index in [2.05, 4.69) is 41.5 Å². The summed E-state index contributed by atoms with van der Waals surface area (Å²) in [4.78, 5) is 0. The summed E-state index contributed by atoms with van der Waals surface area (Å²) >= 11 is 0. The lowest BCUT2D eigenvalue weighted by atomic mass is 10.1. The normalized spacial score (nSPS) is 12.4. The zero-order chi connectivity index (χ0) is 12.3. The van der Waals surface area contributed by atoms with Gasteiger partial charge in [-0.25, -0.2) is 0 Å². The maximum atomic E-state index is 4.15. The van der Waals surface area contributed by atoms with Crippen molar-refractivity contribution in [2.24, 2.45) is 7.05 Å². The Morgan fingerprint density at radius 3 is 2.76 bits per heavy atom. The molecule has 4 heteroatoms. The smallest absolute Gasteiger partial charge is 0.165 e. The van der Waals surface area contributed by atoms with Crippen molar-refractivity contribution in [3.63, 3.8) is 0 Å². The minimum Gasteiger partial charge on any atom is -0.382 e. The number of nitrogens with one attached hydrogen (secondary N) is 1. The SMILES string of the molecule is CCC(C)Nc1ccccc1-c1nncn1C. The number of aromatic nitrogens is 3. The van der Waals surface area contributed by atoms with E-state index in [1.807, 2.05) is 23.7 Å². The molecule has 17 heavy (non-hydrogen) atoms. The van der Waals surface area contributed by atoms with Crippen LogP contribution in [0.5, 0.6) is 0 Å². The third-order valence-electron chi connectivity index (χ3n) is 2.89. The van der Waals surface area contributed by atoms with E-state index in [1.54, 1.807) is 6.33 Å². The zero-order valence-corrected chi connectivity index (χ0v) is 10.5. The fraction of sp³-hybridized carbons (Fsp3) is 0.385. The average Bonchev–Trinajstić information content (AvgIpc) is 2.76. The van der Waals surface area contributed by atoms with E-state index in [9.17, 15) is 0 Å². The Hall–Kier alpha value is -1.84. The lowest BCUT2D eigenvalue weighted by Crippen LogP contribution is -2.14. The molecular weight excluding hydrogens is 212 g/mol. The molecule has 1 heterocycles. The van der Waals surface area contributed by atoms with Gasteiger partial charge in [0.15, 0.2) is 5.82 Å². The molecule has 0 aliphatic heterocycles. The maximum absolute atomic E-state index is 4.15. The van der Waals surface area contributed by atoms with Crippen LogP contribution in [0.15, 0.2) is 30.6 Å². The van der Waals surface area contributed by atoms with Crippen molar-refractivity contribution < 1.29 is 0 Å². The average molecular weight is 230 g/mol. The number of nitrogens with zero attached hydrogens (tertiary/aromatic N) is 3. The Bertz CT molecular complexity index is 490. The van der Waals surface area contributed by atoms with Crippen LogP contribution < -0.4 is 5.32 Å². The molecule has 0 radical (unpaired) electrons. The lowest BCUT2D eigenvalue weighted by molar-refractivity contribution is 0.764. The highest BCUT2D eigenvalue weighted by atomic mass is 15.2. The van der Waals surface area contributed by atoms with Crippen LogP contribution in [0.2, 0.25) is 0 Å². The summed E-state index contributed by atoms with van der Waals surface area (Å²) in [6, 6.07) is 8.64. The highest BCUT2D eigenvalue weighted by Crippen LogP contribution is 2.26. The van der Waals surface area contributed by atoms with Crippen LogP contribution in [0.1, 0.15) is 20.3 Å². The molecule has 0 fully saturated rings. The standard InChI is InChI=1S/C13H18N4/c1-4-10(2)15-12-8-6-5-7-11(12)13-16-14-9-17(13)3/h5-10,15H,4H2,1-3H3. The maximum Gasteiger partial charge on any atom is 0.165 e. The van der Waals surface area contributed by atoms with Crippen molar-refractivity contribution >= 4 is 5.69 Å². The molecule has 1 unspecified atom stereocenters. The first-order chi connectivity index (χ1) is 8.22. The molecule has 1 aromatic heterocycles. The molecule has 0 spiro atoms. The van der Waals surface area contributed by atoms with Gasteiger partial charge in [-0.05, 0) is 25.5 Å². The van der Waals surface area contributed by atoms with E-state index in [4.69, 9.17) is 0 Å². The number of anilines is 1. The van der Waals surface area contributed by atoms with E-state index in [0.717, 1.165) is 23.5 Å². The fourth-order valence-corrected chi connectivity index (χ4v) is 1.70. The van der Waals surface area contributed by atoms with E-state index < -0.39 is 0 Å². The third kappa shape index (κ3) is 2.46. The van der Waals surface area contributed by atoms with Crippen molar-refractivity contribution in [2.45, 2.75) is 26.3 Å². The van der Waals surface area contributed by atoms with Crippen LogP contribution in [0.4, 0.5) is 5.69 Å². The number of rotatable bonds is 4. The topological polar surface area (TPSA) is 42.7 Å². The second-order valence-corrected chi connectivity index (χ2v) is 4.26. The molecular formula is C13H18N4. The van der Waals surface area contributed by atoms with E-state index in [-0.39, 0.29) is 0 Å². The Morgan fingerprint density at radius 1 is 1.35 bits per heavy atom. The van der Waals surface area contributed by atoms with Gasteiger partial charge in [-0.15, -0.1) is 10.2 Å². The van der Waals surface area contributed by atoms with Crippen molar-refractivity contribution in [3.8, 4) is 11.4 Å². The van der Waals surface area contributed by atoms with Crippen molar-refractivity contribution in [3.05, 3.63) is 30.6 Å². The molecule has 0 saturated heterocycles. The number of hydrogen-bond donors (Lipinski definition) is 1. The molecule has 0 amide bonds. The summed E-state index contributed by atoms with van der Waals surface area (Å²) in [5.74, 6) is 0.886. The van der Waals surface area contributed by atoms with Gasteiger partial charge >= 0.3 is 0 Å². The molecule has 0 bridgehead atoms. The molecule has 0 saturated carbocycles. The Labute approximate surface area is 102 Å². The van der Waals surface area contributed by atoms with Gasteiger partial charge in [0.25, 0.3) is 0 Å². The van der Waals surface area contributed by atoms with Gasteiger partial charge < -0.3 is 9.88 Å². The van der Waals surface area contributed by atoms with Crippen molar-refractivity contribution in [2.75, 3.05) is 5.32 Å². The lowest BCUT2D eigenvalue weighted by Gasteiger charge is -2.16. The van der Waals surface area contributed by atoms with E-state index in [0.29, 0.717) is 6.04 Å². The first-order valence-corrected chi connectivity index (χ1v) is 5.92. The van der Waals surface area contributed by atoms with Gasteiger partial charge in [-0.2, -0.15) is 0 Å². The van der Waals surface area contributed by atoms with E-state index >= 15 is 0 Å². The van der Waals surface area contributed by atoms with Crippen LogP contribution in [0.25, 0.3) is 11.4 Å². The van der Waals surface area contributed by atoms with Crippen molar-refractivity contribution in [1.82, 2.24) is 14.8 Å². The number of benzene rings is 1. The highest BCUT2D eigenvalue weighted by molar-refractivity contribution is 5.73. The largest absolute Gasteiger partial charge is 0.382 e. The third-order valence-corrected chi connectivity index (χ3v) is 2.89. The van der Waals surface area contributed by atoms with Gasteiger partial charge in [0, 0.05) is 24.3 Å².